The zero-order chi connectivity index (χ0) is 19.8. The molecule has 7 heteroatoms. The van der Waals surface area contributed by atoms with E-state index in [0.29, 0.717) is 0 Å². The maximum absolute atomic E-state index is 12.3. The number of nitrogens with one attached hydrogen (secondary N) is 2. The number of amides is 1. The summed E-state index contributed by atoms with van der Waals surface area (Å²) in [6.45, 7) is 3.89. The summed E-state index contributed by atoms with van der Waals surface area (Å²) >= 11 is 0. The van der Waals surface area contributed by atoms with E-state index in [1.807, 2.05) is 37.3 Å². The first-order valence-corrected chi connectivity index (χ1v) is 8.46. The van der Waals surface area contributed by atoms with Crippen molar-refractivity contribution >= 4 is 17.3 Å². The first-order valence-electron chi connectivity index (χ1n) is 8.46. The van der Waals surface area contributed by atoms with Gasteiger partial charge in [0.1, 0.15) is 17.3 Å². The fourth-order valence-electron chi connectivity index (χ4n) is 2.45. The van der Waals surface area contributed by atoms with Gasteiger partial charge in [-0.15, -0.1) is 0 Å². The molecule has 0 aliphatic heterocycles. The van der Waals surface area contributed by atoms with Gasteiger partial charge in [0.05, 0.1) is 11.0 Å². The first kappa shape index (κ1) is 19.7. The van der Waals surface area contributed by atoms with Gasteiger partial charge in [0.15, 0.2) is 0 Å². The van der Waals surface area contributed by atoms with Gasteiger partial charge in [-0.1, -0.05) is 43.3 Å². The molecular weight excluding hydrogens is 344 g/mol. The van der Waals surface area contributed by atoms with E-state index >= 15 is 0 Å². The third-order valence-corrected chi connectivity index (χ3v) is 4.07. The number of carbonyl (C=O) groups is 1. The number of benzene rings is 2. The normalized spacial score (nSPS) is 12.0. The molecule has 0 fully saturated rings. The Hall–Kier alpha value is -3.66. The monoisotopic (exact) mass is 364 g/mol. The standard InChI is InChI=1S/C20H20N4O3/c1-3-15-8-10-16(11-9-15)14(2)23-20(25)17(12-21)13-22-18-6-4-5-7-19(18)24(26)27/h4-11,13-14,22H,3H2,1-2H3,(H,23,25)/b17-13-. The van der Waals surface area contributed by atoms with Crippen molar-refractivity contribution in [3.05, 3.63) is 81.5 Å². The number of nitriles is 1. The van der Waals surface area contributed by atoms with E-state index in [-0.39, 0.29) is 23.0 Å². The van der Waals surface area contributed by atoms with Crippen LogP contribution < -0.4 is 10.6 Å². The first-order chi connectivity index (χ1) is 13.0. The van der Waals surface area contributed by atoms with Gasteiger partial charge in [-0.25, -0.2) is 0 Å². The molecule has 1 unspecified atom stereocenters. The van der Waals surface area contributed by atoms with E-state index in [1.54, 1.807) is 6.07 Å². The molecule has 0 aromatic heterocycles. The second-order valence-electron chi connectivity index (χ2n) is 5.88. The van der Waals surface area contributed by atoms with Crippen molar-refractivity contribution in [1.82, 2.24) is 5.32 Å². The van der Waals surface area contributed by atoms with E-state index in [9.17, 15) is 20.2 Å². The summed E-state index contributed by atoms with van der Waals surface area (Å²) in [6, 6.07) is 15.4. The minimum absolute atomic E-state index is 0.143. The molecule has 2 aromatic rings. The maximum atomic E-state index is 12.3. The lowest BCUT2D eigenvalue weighted by Gasteiger charge is -2.14. The van der Waals surface area contributed by atoms with E-state index in [2.05, 4.69) is 17.6 Å². The van der Waals surface area contributed by atoms with Gasteiger partial charge in [-0.05, 0) is 30.5 Å². The van der Waals surface area contributed by atoms with Gasteiger partial charge in [0, 0.05) is 12.3 Å². The number of nitro groups is 1. The van der Waals surface area contributed by atoms with Crippen LogP contribution in [0.3, 0.4) is 0 Å². The molecule has 1 amide bonds. The van der Waals surface area contributed by atoms with Crippen molar-refractivity contribution in [2.75, 3.05) is 5.32 Å². The van der Waals surface area contributed by atoms with Crippen LogP contribution in [0.15, 0.2) is 60.3 Å². The zero-order valence-corrected chi connectivity index (χ0v) is 15.1. The van der Waals surface area contributed by atoms with E-state index in [1.165, 1.54) is 30.0 Å². The number of carbonyl (C=O) groups excluding carboxylic acids is 1. The van der Waals surface area contributed by atoms with Gasteiger partial charge in [-0.2, -0.15) is 5.26 Å². The van der Waals surface area contributed by atoms with Gasteiger partial charge >= 0.3 is 0 Å². The Labute approximate surface area is 157 Å². The molecule has 27 heavy (non-hydrogen) atoms. The molecule has 0 aliphatic carbocycles. The van der Waals surface area contributed by atoms with Crippen molar-refractivity contribution < 1.29 is 9.72 Å². The van der Waals surface area contributed by atoms with Crippen LogP contribution in [0.1, 0.15) is 31.0 Å². The summed E-state index contributed by atoms with van der Waals surface area (Å²) in [5, 5.41) is 25.7. The van der Waals surface area contributed by atoms with E-state index in [0.717, 1.165) is 12.0 Å². The molecule has 2 aromatic carbocycles. The van der Waals surface area contributed by atoms with Crippen LogP contribution in [0.5, 0.6) is 0 Å². The molecule has 138 valence electrons. The van der Waals surface area contributed by atoms with Crippen LogP contribution in [0.2, 0.25) is 0 Å². The summed E-state index contributed by atoms with van der Waals surface area (Å²) in [7, 11) is 0. The van der Waals surface area contributed by atoms with Crippen molar-refractivity contribution in [2.24, 2.45) is 0 Å². The topological polar surface area (TPSA) is 108 Å². The molecule has 0 saturated heterocycles. The minimum Gasteiger partial charge on any atom is -0.355 e. The number of nitro benzene ring substituents is 1. The second kappa shape index (κ2) is 9.15. The van der Waals surface area contributed by atoms with Gasteiger partial charge in [0.2, 0.25) is 0 Å². The number of anilines is 1. The summed E-state index contributed by atoms with van der Waals surface area (Å²) in [6.07, 6.45) is 2.10. The number of rotatable bonds is 7. The highest BCUT2D eigenvalue weighted by Crippen LogP contribution is 2.23. The van der Waals surface area contributed by atoms with Crippen LogP contribution in [0.4, 0.5) is 11.4 Å². The highest BCUT2D eigenvalue weighted by molar-refractivity contribution is 5.97. The lowest BCUT2D eigenvalue weighted by molar-refractivity contribution is -0.383. The van der Waals surface area contributed by atoms with Gasteiger partial charge in [0.25, 0.3) is 11.6 Å². The Bertz CT molecular complexity index is 898. The van der Waals surface area contributed by atoms with Crippen molar-refractivity contribution in [1.29, 1.82) is 5.26 Å². The Morgan fingerprint density at radius 3 is 2.52 bits per heavy atom. The second-order valence-corrected chi connectivity index (χ2v) is 5.88. The molecular formula is C20H20N4O3. The Morgan fingerprint density at radius 2 is 1.93 bits per heavy atom. The summed E-state index contributed by atoms with van der Waals surface area (Å²) in [5.74, 6) is -0.560. The number of para-hydroxylation sites is 2. The number of nitrogens with zero attached hydrogens (tertiary/aromatic N) is 2. The summed E-state index contributed by atoms with van der Waals surface area (Å²) in [4.78, 5) is 22.8. The zero-order valence-electron chi connectivity index (χ0n) is 15.1. The minimum atomic E-state index is -0.560. The number of aryl methyl sites for hydroxylation is 1. The Kier molecular flexibility index (Phi) is 6.67. The van der Waals surface area contributed by atoms with Crippen LogP contribution in [-0.4, -0.2) is 10.8 Å². The fourth-order valence-corrected chi connectivity index (χ4v) is 2.45. The number of hydrogen-bond acceptors (Lipinski definition) is 5. The molecule has 0 heterocycles. The average Bonchev–Trinajstić information content (AvgIpc) is 2.68. The van der Waals surface area contributed by atoms with E-state index in [4.69, 9.17) is 0 Å². The van der Waals surface area contributed by atoms with E-state index < -0.39 is 10.8 Å². The molecule has 0 bridgehead atoms. The highest BCUT2D eigenvalue weighted by Gasteiger charge is 2.15. The van der Waals surface area contributed by atoms with Crippen LogP contribution >= 0.6 is 0 Å². The van der Waals surface area contributed by atoms with Crippen LogP contribution in [-0.2, 0) is 11.2 Å². The fraction of sp³-hybridized carbons (Fsp3) is 0.200. The lowest BCUT2D eigenvalue weighted by atomic mass is 10.0. The highest BCUT2D eigenvalue weighted by atomic mass is 16.6. The largest absolute Gasteiger partial charge is 0.355 e. The van der Waals surface area contributed by atoms with Gasteiger partial charge in [-0.3, -0.25) is 14.9 Å². The summed E-state index contributed by atoms with van der Waals surface area (Å²) in [5.41, 5.74) is 2.00. The molecule has 7 nitrogen and oxygen atoms in total. The molecule has 0 aliphatic rings. The lowest BCUT2D eigenvalue weighted by Crippen LogP contribution is -2.28. The summed E-state index contributed by atoms with van der Waals surface area (Å²) < 4.78 is 0. The predicted octanol–water partition coefficient (Wildman–Crippen LogP) is 3.85. The molecule has 0 spiro atoms. The van der Waals surface area contributed by atoms with Crippen molar-refractivity contribution in [3.63, 3.8) is 0 Å². The third-order valence-electron chi connectivity index (χ3n) is 4.07. The molecule has 2 N–H and O–H groups in total. The maximum Gasteiger partial charge on any atom is 0.292 e. The van der Waals surface area contributed by atoms with Crippen LogP contribution in [0, 0.1) is 21.4 Å². The SMILES string of the molecule is CCc1ccc(C(C)NC(=O)/C(C#N)=C\Nc2ccccc2[N+](=O)[O-])cc1. The molecule has 0 saturated carbocycles. The number of hydrogen-bond donors (Lipinski definition) is 2. The predicted molar refractivity (Wildman–Crippen MR) is 103 cm³/mol. The Balaban J connectivity index is 2.10. The Morgan fingerprint density at radius 1 is 1.26 bits per heavy atom. The smallest absolute Gasteiger partial charge is 0.292 e. The quantitative estimate of drug-likeness (QED) is 0.336. The molecule has 1 atom stereocenters. The van der Waals surface area contributed by atoms with Crippen LogP contribution in [0.25, 0.3) is 0 Å². The molecule has 2 rings (SSSR count). The van der Waals surface area contributed by atoms with Gasteiger partial charge < -0.3 is 10.6 Å². The van der Waals surface area contributed by atoms with Crippen molar-refractivity contribution in [2.45, 2.75) is 26.3 Å². The average molecular weight is 364 g/mol. The van der Waals surface area contributed by atoms with Crippen molar-refractivity contribution in [3.8, 4) is 6.07 Å². The third kappa shape index (κ3) is 5.16. The molecule has 0 radical (unpaired) electrons.